The molecule has 0 radical (unpaired) electrons. The lowest BCUT2D eigenvalue weighted by atomic mass is 10.1. The maximum atomic E-state index is 10.8. The van der Waals surface area contributed by atoms with Gasteiger partial charge in [-0.3, -0.25) is 10.1 Å². The molecule has 2 rings (SSSR count). The molecule has 2 aromatic rings. The fourth-order valence-electron chi connectivity index (χ4n) is 1.76. The number of aryl methyl sites for hydroxylation is 1. The lowest BCUT2D eigenvalue weighted by molar-refractivity contribution is -0.384. The molecule has 0 saturated heterocycles. The Balaban J connectivity index is 2.14. The third-order valence-corrected chi connectivity index (χ3v) is 2.75. The van der Waals surface area contributed by atoms with Crippen molar-refractivity contribution in [2.24, 2.45) is 0 Å². The number of ether oxygens (including phenoxy) is 1. The summed E-state index contributed by atoms with van der Waals surface area (Å²) in [5.41, 5.74) is 0.747. The van der Waals surface area contributed by atoms with Gasteiger partial charge in [0, 0.05) is 31.2 Å². The van der Waals surface area contributed by atoms with Crippen molar-refractivity contribution in [3.8, 4) is 5.75 Å². The predicted octanol–water partition coefficient (Wildman–Crippen LogP) is 1.97. The fourth-order valence-corrected chi connectivity index (χ4v) is 1.76. The van der Waals surface area contributed by atoms with Gasteiger partial charge in [-0.1, -0.05) is 12.1 Å². The number of aromatic nitrogens is 2. The minimum Gasteiger partial charge on any atom is -0.485 e. The van der Waals surface area contributed by atoms with E-state index in [0.717, 1.165) is 6.54 Å². The van der Waals surface area contributed by atoms with Gasteiger partial charge in [-0.15, -0.1) is 0 Å². The summed E-state index contributed by atoms with van der Waals surface area (Å²) in [6, 6.07) is 4.49. The number of nitrogens with zero attached hydrogens (tertiary/aromatic N) is 3. The monoisotopic (exact) mass is 292 g/mol. The van der Waals surface area contributed by atoms with Crippen LogP contribution in [-0.2, 0) is 13.2 Å². The van der Waals surface area contributed by atoms with E-state index < -0.39 is 4.92 Å². The molecule has 0 atom stereocenters. The molecule has 0 spiro atoms. The molecule has 0 aliphatic rings. The van der Waals surface area contributed by atoms with Crippen LogP contribution in [0.5, 0.6) is 5.75 Å². The summed E-state index contributed by atoms with van der Waals surface area (Å²) in [7, 11) is 0. The summed E-state index contributed by atoms with van der Waals surface area (Å²) in [6.45, 7) is 5.04. The van der Waals surface area contributed by atoms with Gasteiger partial charge in [-0.2, -0.15) is 4.98 Å². The van der Waals surface area contributed by atoms with Crippen LogP contribution in [0.1, 0.15) is 24.2 Å². The highest BCUT2D eigenvalue weighted by Crippen LogP contribution is 2.24. The van der Waals surface area contributed by atoms with Crippen molar-refractivity contribution in [2.75, 3.05) is 6.54 Å². The smallest absolute Gasteiger partial charge is 0.270 e. The minimum absolute atomic E-state index is 0.0330. The Labute approximate surface area is 121 Å². The number of nitrogens with one attached hydrogen (secondary N) is 1. The number of hydrogen-bond donors (Lipinski definition) is 1. The molecule has 1 heterocycles. The third-order valence-electron chi connectivity index (χ3n) is 2.75. The molecule has 1 N–H and O–H groups in total. The molecule has 0 saturated carbocycles. The number of benzene rings is 1. The van der Waals surface area contributed by atoms with E-state index in [9.17, 15) is 10.1 Å². The second-order valence-electron chi connectivity index (χ2n) is 4.35. The Bertz CT molecular complexity index is 626. The molecule has 0 unspecified atom stereocenters. The molecule has 0 amide bonds. The first kappa shape index (κ1) is 14.9. The average Bonchev–Trinajstić information content (AvgIpc) is 2.88. The zero-order chi connectivity index (χ0) is 15.2. The van der Waals surface area contributed by atoms with E-state index in [2.05, 4.69) is 15.5 Å². The fraction of sp³-hybridized carbons (Fsp3) is 0.385. The maximum Gasteiger partial charge on any atom is 0.270 e. The van der Waals surface area contributed by atoms with E-state index in [1.165, 1.54) is 12.1 Å². The van der Waals surface area contributed by atoms with E-state index in [1.807, 2.05) is 6.92 Å². The average molecular weight is 292 g/mol. The molecule has 1 aromatic carbocycles. The number of nitro benzene ring substituents is 1. The Morgan fingerprint density at radius 2 is 2.29 bits per heavy atom. The summed E-state index contributed by atoms with van der Waals surface area (Å²) in [6.07, 6.45) is 0. The van der Waals surface area contributed by atoms with Crippen LogP contribution in [0.15, 0.2) is 22.7 Å². The molecule has 1 aromatic heterocycles. The summed E-state index contributed by atoms with van der Waals surface area (Å²) < 4.78 is 10.5. The Hall–Kier alpha value is -2.48. The van der Waals surface area contributed by atoms with E-state index in [0.29, 0.717) is 29.6 Å². The standard InChI is InChI=1S/C13H16N4O4/c1-3-14-7-10-6-11(17(18)19)4-5-12(10)20-8-13-15-9(2)21-16-13/h4-6,14H,3,7-8H2,1-2H3. The van der Waals surface area contributed by atoms with Crippen molar-refractivity contribution in [1.82, 2.24) is 15.5 Å². The van der Waals surface area contributed by atoms with Gasteiger partial charge in [0.1, 0.15) is 5.75 Å². The molecule has 0 aliphatic carbocycles. The normalized spacial score (nSPS) is 10.6. The van der Waals surface area contributed by atoms with Crippen LogP contribution < -0.4 is 10.1 Å². The van der Waals surface area contributed by atoms with Crippen LogP contribution >= 0.6 is 0 Å². The molecular formula is C13H16N4O4. The first-order valence-electron chi connectivity index (χ1n) is 6.50. The third kappa shape index (κ3) is 3.99. The second kappa shape index (κ2) is 6.80. The van der Waals surface area contributed by atoms with Gasteiger partial charge >= 0.3 is 0 Å². The van der Waals surface area contributed by atoms with Gasteiger partial charge in [-0.25, -0.2) is 0 Å². The molecule has 0 bridgehead atoms. The Kier molecular flexibility index (Phi) is 4.83. The second-order valence-corrected chi connectivity index (χ2v) is 4.35. The van der Waals surface area contributed by atoms with E-state index in [-0.39, 0.29) is 12.3 Å². The number of hydrogen-bond acceptors (Lipinski definition) is 7. The number of rotatable bonds is 7. The summed E-state index contributed by atoms with van der Waals surface area (Å²) >= 11 is 0. The van der Waals surface area contributed by atoms with Gasteiger partial charge in [0.2, 0.25) is 11.7 Å². The molecule has 21 heavy (non-hydrogen) atoms. The van der Waals surface area contributed by atoms with Crippen LogP contribution in [0, 0.1) is 17.0 Å². The molecule has 0 aliphatic heterocycles. The topological polar surface area (TPSA) is 103 Å². The van der Waals surface area contributed by atoms with Crippen molar-refractivity contribution in [1.29, 1.82) is 0 Å². The van der Waals surface area contributed by atoms with Crippen molar-refractivity contribution in [3.63, 3.8) is 0 Å². The van der Waals surface area contributed by atoms with E-state index in [4.69, 9.17) is 9.26 Å². The maximum absolute atomic E-state index is 10.8. The van der Waals surface area contributed by atoms with Crippen LogP contribution in [0.2, 0.25) is 0 Å². The highest BCUT2D eigenvalue weighted by Gasteiger charge is 2.12. The van der Waals surface area contributed by atoms with Gasteiger partial charge in [-0.05, 0) is 12.6 Å². The zero-order valence-corrected chi connectivity index (χ0v) is 11.8. The minimum atomic E-state index is -0.429. The van der Waals surface area contributed by atoms with Crippen LogP contribution in [-0.4, -0.2) is 21.6 Å². The number of non-ortho nitro benzene ring substituents is 1. The zero-order valence-electron chi connectivity index (χ0n) is 11.8. The first-order valence-corrected chi connectivity index (χ1v) is 6.50. The van der Waals surface area contributed by atoms with Crippen molar-refractivity contribution < 1.29 is 14.2 Å². The number of nitro groups is 1. The van der Waals surface area contributed by atoms with Gasteiger partial charge in [0.15, 0.2) is 6.61 Å². The largest absolute Gasteiger partial charge is 0.485 e. The van der Waals surface area contributed by atoms with Crippen LogP contribution in [0.3, 0.4) is 0 Å². The Morgan fingerprint density at radius 3 is 2.90 bits per heavy atom. The first-order chi connectivity index (χ1) is 10.1. The van der Waals surface area contributed by atoms with E-state index >= 15 is 0 Å². The highest BCUT2D eigenvalue weighted by atomic mass is 16.6. The summed E-state index contributed by atoms with van der Waals surface area (Å²) in [4.78, 5) is 14.4. The van der Waals surface area contributed by atoms with Gasteiger partial charge in [0.05, 0.1) is 4.92 Å². The van der Waals surface area contributed by atoms with Gasteiger partial charge in [0.25, 0.3) is 5.69 Å². The lowest BCUT2D eigenvalue weighted by Crippen LogP contribution is -2.13. The highest BCUT2D eigenvalue weighted by molar-refractivity contribution is 5.43. The molecule has 8 nitrogen and oxygen atoms in total. The SMILES string of the molecule is CCNCc1cc([N+](=O)[O-])ccc1OCc1noc(C)n1. The molecule has 0 fully saturated rings. The van der Waals surface area contributed by atoms with Crippen molar-refractivity contribution >= 4 is 5.69 Å². The summed E-state index contributed by atoms with van der Waals surface area (Å²) in [5.74, 6) is 1.45. The van der Waals surface area contributed by atoms with Crippen molar-refractivity contribution in [2.45, 2.75) is 27.0 Å². The summed E-state index contributed by atoms with van der Waals surface area (Å²) in [5, 5.41) is 17.7. The Morgan fingerprint density at radius 1 is 1.48 bits per heavy atom. The van der Waals surface area contributed by atoms with Crippen LogP contribution in [0.25, 0.3) is 0 Å². The lowest BCUT2D eigenvalue weighted by Gasteiger charge is -2.10. The van der Waals surface area contributed by atoms with E-state index in [1.54, 1.807) is 13.0 Å². The predicted molar refractivity (Wildman–Crippen MR) is 73.8 cm³/mol. The van der Waals surface area contributed by atoms with Gasteiger partial charge < -0.3 is 14.6 Å². The molecular weight excluding hydrogens is 276 g/mol. The molecule has 8 heteroatoms. The quantitative estimate of drug-likeness (QED) is 0.614. The van der Waals surface area contributed by atoms with Crippen molar-refractivity contribution in [3.05, 3.63) is 45.6 Å². The molecule has 112 valence electrons. The van der Waals surface area contributed by atoms with Crippen LogP contribution in [0.4, 0.5) is 5.69 Å².